The van der Waals surface area contributed by atoms with E-state index >= 15 is 0 Å². The number of carboxylic acid groups (broad SMARTS) is 1. The zero-order valence-corrected chi connectivity index (χ0v) is 12.7. The van der Waals surface area contributed by atoms with E-state index in [1.807, 2.05) is 31.2 Å². The SMILES string of the molecule is Cc1ccccc1COc1ccc(CCC(=O)O)cc1[N+](=O)[O-]. The summed E-state index contributed by atoms with van der Waals surface area (Å²) in [6.07, 6.45) is 0.175. The molecule has 0 fully saturated rings. The smallest absolute Gasteiger partial charge is 0.311 e. The number of carboxylic acids is 1. The van der Waals surface area contributed by atoms with E-state index in [-0.39, 0.29) is 30.9 Å². The summed E-state index contributed by atoms with van der Waals surface area (Å²) in [4.78, 5) is 21.3. The number of rotatable bonds is 7. The number of hydrogen-bond donors (Lipinski definition) is 1. The maximum Gasteiger partial charge on any atom is 0.311 e. The maximum atomic E-state index is 11.2. The van der Waals surface area contributed by atoms with E-state index in [1.54, 1.807) is 6.07 Å². The number of aliphatic carboxylic acids is 1. The van der Waals surface area contributed by atoms with E-state index in [2.05, 4.69) is 0 Å². The van der Waals surface area contributed by atoms with E-state index in [1.165, 1.54) is 12.1 Å². The summed E-state index contributed by atoms with van der Waals surface area (Å²) >= 11 is 0. The van der Waals surface area contributed by atoms with E-state index in [4.69, 9.17) is 9.84 Å². The first-order valence-corrected chi connectivity index (χ1v) is 7.14. The molecule has 2 rings (SSSR count). The molecule has 120 valence electrons. The lowest BCUT2D eigenvalue weighted by Gasteiger charge is -2.10. The molecule has 0 amide bonds. The predicted octanol–water partition coefficient (Wildman–Crippen LogP) is 3.50. The van der Waals surface area contributed by atoms with Crippen LogP contribution in [0.5, 0.6) is 5.75 Å². The average Bonchev–Trinajstić information content (AvgIpc) is 2.52. The van der Waals surface area contributed by atoms with Crippen LogP contribution in [0.3, 0.4) is 0 Å². The Morgan fingerprint density at radius 1 is 1.26 bits per heavy atom. The number of benzene rings is 2. The number of nitro benzene ring substituents is 1. The van der Waals surface area contributed by atoms with Gasteiger partial charge in [-0.05, 0) is 36.1 Å². The molecule has 0 aliphatic heterocycles. The fourth-order valence-corrected chi connectivity index (χ4v) is 2.16. The van der Waals surface area contributed by atoms with Gasteiger partial charge in [0, 0.05) is 12.5 Å². The zero-order valence-electron chi connectivity index (χ0n) is 12.7. The minimum absolute atomic E-state index is 0.0689. The fraction of sp³-hybridized carbons (Fsp3) is 0.235. The van der Waals surface area contributed by atoms with Crippen molar-refractivity contribution in [1.82, 2.24) is 0 Å². The summed E-state index contributed by atoms with van der Waals surface area (Å²) in [6, 6.07) is 12.2. The lowest BCUT2D eigenvalue weighted by Crippen LogP contribution is -2.02. The van der Waals surface area contributed by atoms with Crippen LogP contribution in [0.25, 0.3) is 0 Å². The van der Waals surface area contributed by atoms with Gasteiger partial charge in [0.15, 0.2) is 5.75 Å². The van der Waals surface area contributed by atoms with Crippen molar-refractivity contribution in [1.29, 1.82) is 0 Å². The molecule has 0 spiro atoms. The van der Waals surface area contributed by atoms with E-state index in [0.29, 0.717) is 5.56 Å². The van der Waals surface area contributed by atoms with Gasteiger partial charge in [0.2, 0.25) is 0 Å². The molecule has 6 nitrogen and oxygen atoms in total. The normalized spacial score (nSPS) is 10.3. The van der Waals surface area contributed by atoms with E-state index < -0.39 is 10.9 Å². The first kappa shape index (κ1) is 16.5. The van der Waals surface area contributed by atoms with Crippen LogP contribution in [-0.2, 0) is 17.8 Å². The zero-order chi connectivity index (χ0) is 16.8. The highest BCUT2D eigenvalue weighted by atomic mass is 16.6. The van der Waals surface area contributed by atoms with Crippen molar-refractivity contribution in [2.75, 3.05) is 0 Å². The highest BCUT2D eigenvalue weighted by Crippen LogP contribution is 2.29. The molecule has 1 N–H and O–H groups in total. The predicted molar refractivity (Wildman–Crippen MR) is 84.6 cm³/mol. The molecule has 0 atom stereocenters. The maximum absolute atomic E-state index is 11.2. The second-order valence-electron chi connectivity index (χ2n) is 5.17. The number of nitro groups is 1. The van der Waals surface area contributed by atoms with Crippen LogP contribution >= 0.6 is 0 Å². The lowest BCUT2D eigenvalue weighted by molar-refractivity contribution is -0.386. The van der Waals surface area contributed by atoms with Gasteiger partial charge in [0.05, 0.1) is 4.92 Å². The van der Waals surface area contributed by atoms with Crippen LogP contribution in [0.4, 0.5) is 5.69 Å². The Balaban J connectivity index is 2.16. The van der Waals surface area contributed by atoms with Gasteiger partial charge in [-0.1, -0.05) is 30.3 Å². The summed E-state index contributed by atoms with van der Waals surface area (Å²) < 4.78 is 5.59. The lowest BCUT2D eigenvalue weighted by atomic mass is 10.1. The largest absolute Gasteiger partial charge is 0.482 e. The molecule has 0 aliphatic rings. The van der Waals surface area contributed by atoms with Gasteiger partial charge in [-0.25, -0.2) is 0 Å². The van der Waals surface area contributed by atoms with Crippen LogP contribution in [0.1, 0.15) is 23.1 Å². The van der Waals surface area contributed by atoms with Crippen molar-refractivity contribution in [3.05, 3.63) is 69.3 Å². The number of ether oxygens (including phenoxy) is 1. The van der Waals surface area contributed by atoms with E-state index in [9.17, 15) is 14.9 Å². The summed E-state index contributed by atoms with van der Waals surface area (Å²) in [7, 11) is 0. The molecule has 0 aromatic heterocycles. The van der Waals surface area contributed by atoms with Gasteiger partial charge in [0.1, 0.15) is 6.61 Å². The molecular formula is C17H17NO5. The van der Waals surface area contributed by atoms with Crippen molar-refractivity contribution < 1.29 is 19.6 Å². The molecule has 0 saturated carbocycles. The van der Waals surface area contributed by atoms with Crippen LogP contribution in [-0.4, -0.2) is 16.0 Å². The first-order valence-electron chi connectivity index (χ1n) is 7.14. The monoisotopic (exact) mass is 315 g/mol. The number of nitrogens with zero attached hydrogens (tertiary/aromatic N) is 1. The Hall–Kier alpha value is -2.89. The Morgan fingerprint density at radius 2 is 2.00 bits per heavy atom. The summed E-state index contributed by atoms with van der Waals surface area (Å²) in [5, 5.41) is 19.9. The molecule has 0 radical (unpaired) electrons. The van der Waals surface area contributed by atoms with Crippen molar-refractivity contribution >= 4 is 11.7 Å². The van der Waals surface area contributed by atoms with Crippen molar-refractivity contribution in [3.63, 3.8) is 0 Å². The molecule has 0 aliphatic carbocycles. The van der Waals surface area contributed by atoms with Gasteiger partial charge in [-0.3, -0.25) is 14.9 Å². The van der Waals surface area contributed by atoms with E-state index in [0.717, 1.165) is 11.1 Å². The second kappa shape index (κ2) is 7.40. The minimum Gasteiger partial charge on any atom is -0.482 e. The third-order valence-electron chi connectivity index (χ3n) is 3.49. The van der Waals surface area contributed by atoms with Gasteiger partial charge in [-0.15, -0.1) is 0 Å². The molecule has 2 aromatic rings. The van der Waals surface area contributed by atoms with Gasteiger partial charge >= 0.3 is 11.7 Å². The number of aryl methyl sites for hydroxylation is 2. The molecule has 0 heterocycles. The topological polar surface area (TPSA) is 89.7 Å². The van der Waals surface area contributed by atoms with Crippen molar-refractivity contribution in [2.45, 2.75) is 26.4 Å². The molecule has 0 unspecified atom stereocenters. The van der Waals surface area contributed by atoms with Crippen LogP contribution in [0, 0.1) is 17.0 Å². The van der Waals surface area contributed by atoms with Gasteiger partial charge < -0.3 is 9.84 Å². The van der Waals surface area contributed by atoms with Crippen LogP contribution in [0.2, 0.25) is 0 Å². The minimum atomic E-state index is -0.937. The van der Waals surface area contributed by atoms with Crippen molar-refractivity contribution in [3.8, 4) is 5.75 Å². The molecule has 2 aromatic carbocycles. The van der Waals surface area contributed by atoms with Crippen molar-refractivity contribution in [2.24, 2.45) is 0 Å². The van der Waals surface area contributed by atoms with Crippen LogP contribution < -0.4 is 4.74 Å². The van der Waals surface area contributed by atoms with Gasteiger partial charge in [-0.2, -0.15) is 0 Å². The standard InChI is InChI=1S/C17H17NO5/c1-12-4-2-3-5-14(12)11-23-16-8-6-13(7-9-17(19)20)10-15(16)18(21)22/h2-6,8,10H,7,9,11H2,1H3,(H,19,20). The summed E-state index contributed by atoms with van der Waals surface area (Å²) in [6.45, 7) is 2.18. The molecule has 0 saturated heterocycles. The third kappa shape index (κ3) is 4.54. The first-order chi connectivity index (χ1) is 11.0. The molecule has 6 heteroatoms. The quantitative estimate of drug-likeness (QED) is 0.624. The Bertz CT molecular complexity index is 727. The Labute approximate surface area is 133 Å². The fourth-order valence-electron chi connectivity index (χ4n) is 2.16. The highest BCUT2D eigenvalue weighted by molar-refractivity contribution is 5.67. The van der Waals surface area contributed by atoms with Gasteiger partial charge in [0.25, 0.3) is 0 Å². The number of hydrogen-bond acceptors (Lipinski definition) is 4. The Kier molecular flexibility index (Phi) is 5.30. The average molecular weight is 315 g/mol. The summed E-state index contributed by atoms with van der Waals surface area (Å²) in [5.74, 6) is -0.759. The summed E-state index contributed by atoms with van der Waals surface area (Å²) in [5.41, 5.74) is 2.45. The third-order valence-corrected chi connectivity index (χ3v) is 3.49. The molecule has 23 heavy (non-hydrogen) atoms. The Morgan fingerprint density at radius 3 is 2.65 bits per heavy atom. The number of carbonyl (C=O) groups is 1. The second-order valence-corrected chi connectivity index (χ2v) is 5.17. The van der Waals surface area contributed by atoms with Crippen LogP contribution in [0.15, 0.2) is 42.5 Å². The molecule has 0 bridgehead atoms. The highest BCUT2D eigenvalue weighted by Gasteiger charge is 2.16. The molecular weight excluding hydrogens is 298 g/mol.